The van der Waals surface area contributed by atoms with Crippen LogP contribution in [-0.4, -0.2) is 48.0 Å². The van der Waals surface area contributed by atoms with Gasteiger partial charge >= 0.3 is 0 Å². The SMILES string of the molecule is CCCN(Cc1csc(N(CC)C(C)=O)n1)C1CCNC1. The molecule has 1 saturated heterocycles. The highest BCUT2D eigenvalue weighted by molar-refractivity contribution is 7.14. The van der Waals surface area contributed by atoms with E-state index >= 15 is 0 Å². The Morgan fingerprint density at radius 1 is 1.52 bits per heavy atom. The van der Waals surface area contributed by atoms with E-state index in [2.05, 4.69) is 27.5 Å². The van der Waals surface area contributed by atoms with Crippen molar-refractivity contribution in [1.82, 2.24) is 15.2 Å². The average molecular weight is 310 g/mol. The fourth-order valence-corrected chi connectivity index (χ4v) is 3.75. The van der Waals surface area contributed by atoms with Crippen molar-refractivity contribution in [2.24, 2.45) is 0 Å². The first-order valence-corrected chi connectivity index (χ1v) is 8.70. The van der Waals surface area contributed by atoms with E-state index in [0.717, 1.165) is 43.4 Å². The van der Waals surface area contributed by atoms with Crippen LogP contribution in [0.2, 0.25) is 0 Å². The lowest BCUT2D eigenvalue weighted by molar-refractivity contribution is -0.116. The molecule has 0 bridgehead atoms. The van der Waals surface area contributed by atoms with Crippen LogP contribution in [0.4, 0.5) is 5.13 Å². The molecule has 0 radical (unpaired) electrons. The van der Waals surface area contributed by atoms with E-state index in [1.165, 1.54) is 6.42 Å². The summed E-state index contributed by atoms with van der Waals surface area (Å²) < 4.78 is 0. The third kappa shape index (κ3) is 4.25. The lowest BCUT2D eigenvalue weighted by Gasteiger charge is -2.27. The van der Waals surface area contributed by atoms with E-state index in [-0.39, 0.29) is 5.91 Å². The number of nitrogens with zero attached hydrogens (tertiary/aromatic N) is 3. The summed E-state index contributed by atoms with van der Waals surface area (Å²) in [4.78, 5) is 20.5. The predicted octanol–water partition coefficient (Wildman–Crippen LogP) is 2.09. The number of carbonyl (C=O) groups excluding carboxylic acids is 1. The van der Waals surface area contributed by atoms with E-state index in [0.29, 0.717) is 12.6 Å². The lowest BCUT2D eigenvalue weighted by Crippen LogP contribution is -2.37. The Morgan fingerprint density at radius 2 is 2.33 bits per heavy atom. The van der Waals surface area contributed by atoms with Gasteiger partial charge in [-0.15, -0.1) is 11.3 Å². The van der Waals surface area contributed by atoms with Gasteiger partial charge in [0.1, 0.15) is 0 Å². The van der Waals surface area contributed by atoms with Crippen LogP contribution in [-0.2, 0) is 11.3 Å². The van der Waals surface area contributed by atoms with Crippen LogP contribution in [0.25, 0.3) is 0 Å². The highest BCUT2D eigenvalue weighted by Crippen LogP contribution is 2.22. The second-order valence-electron chi connectivity index (χ2n) is 5.50. The molecule has 1 aliphatic heterocycles. The van der Waals surface area contributed by atoms with E-state index in [1.807, 2.05) is 6.92 Å². The first kappa shape index (κ1) is 16.4. The van der Waals surface area contributed by atoms with E-state index < -0.39 is 0 Å². The Balaban J connectivity index is 2.03. The second kappa shape index (κ2) is 7.87. The van der Waals surface area contributed by atoms with Gasteiger partial charge in [-0.1, -0.05) is 6.92 Å². The summed E-state index contributed by atoms with van der Waals surface area (Å²) in [5.74, 6) is 0.0591. The van der Waals surface area contributed by atoms with Crippen molar-refractivity contribution in [1.29, 1.82) is 0 Å². The van der Waals surface area contributed by atoms with Crippen LogP contribution >= 0.6 is 11.3 Å². The number of hydrogen-bond donors (Lipinski definition) is 1. The molecule has 5 nitrogen and oxygen atoms in total. The molecule has 6 heteroatoms. The Bertz CT molecular complexity index is 456. The summed E-state index contributed by atoms with van der Waals surface area (Å²) in [5, 5.41) is 6.34. The zero-order valence-electron chi connectivity index (χ0n) is 13.3. The second-order valence-corrected chi connectivity index (χ2v) is 6.34. The van der Waals surface area contributed by atoms with Crippen molar-refractivity contribution in [2.75, 3.05) is 31.1 Å². The van der Waals surface area contributed by atoms with E-state index in [1.54, 1.807) is 23.2 Å². The quantitative estimate of drug-likeness (QED) is 0.838. The first-order valence-electron chi connectivity index (χ1n) is 7.83. The van der Waals surface area contributed by atoms with E-state index in [4.69, 9.17) is 0 Å². The van der Waals surface area contributed by atoms with Gasteiger partial charge in [-0.3, -0.25) is 14.6 Å². The molecular formula is C15H26N4OS. The molecule has 1 N–H and O–H groups in total. The van der Waals surface area contributed by atoms with E-state index in [9.17, 15) is 4.79 Å². The molecule has 0 aromatic carbocycles. The van der Waals surface area contributed by atoms with Gasteiger partial charge in [0.2, 0.25) is 5.91 Å². The Kier molecular flexibility index (Phi) is 6.14. The zero-order chi connectivity index (χ0) is 15.2. The smallest absolute Gasteiger partial charge is 0.225 e. The third-order valence-electron chi connectivity index (χ3n) is 3.89. The van der Waals surface area contributed by atoms with Crippen LogP contribution in [0.1, 0.15) is 39.3 Å². The van der Waals surface area contributed by atoms with Crippen molar-refractivity contribution in [2.45, 2.75) is 46.2 Å². The minimum atomic E-state index is 0.0591. The molecule has 0 aliphatic carbocycles. The van der Waals surface area contributed by atoms with Gasteiger partial charge in [0, 0.05) is 38.0 Å². The number of hydrogen-bond acceptors (Lipinski definition) is 5. The number of nitrogens with one attached hydrogen (secondary N) is 1. The van der Waals surface area contributed by atoms with Crippen molar-refractivity contribution in [3.63, 3.8) is 0 Å². The largest absolute Gasteiger partial charge is 0.315 e. The summed E-state index contributed by atoms with van der Waals surface area (Å²) in [6.07, 6.45) is 2.37. The maximum Gasteiger partial charge on any atom is 0.225 e. The number of thiazole rings is 1. The van der Waals surface area contributed by atoms with Gasteiger partial charge in [0.25, 0.3) is 0 Å². The minimum absolute atomic E-state index is 0.0591. The number of carbonyl (C=O) groups is 1. The van der Waals surface area contributed by atoms with Crippen molar-refractivity contribution < 1.29 is 4.79 Å². The molecule has 0 spiro atoms. The highest BCUT2D eigenvalue weighted by atomic mass is 32.1. The Hall–Kier alpha value is -0.980. The van der Waals surface area contributed by atoms with Crippen LogP contribution in [0.5, 0.6) is 0 Å². The normalized spacial score (nSPS) is 18.4. The highest BCUT2D eigenvalue weighted by Gasteiger charge is 2.23. The van der Waals surface area contributed by atoms with Gasteiger partial charge in [-0.2, -0.15) is 0 Å². The van der Waals surface area contributed by atoms with Gasteiger partial charge in [0.05, 0.1) is 5.69 Å². The first-order chi connectivity index (χ1) is 10.2. The molecule has 1 atom stereocenters. The predicted molar refractivity (Wildman–Crippen MR) is 87.8 cm³/mol. The minimum Gasteiger partial charge on any atom is -0.315 e. The van der Waals surface area contributed by atoms with Crippen molar-refractivity contribution in [3.8, 4) is 0 Å². The summed E-state index contributed by atoms with van der Waals surface area (Å²) in [6, 6.07) is 0.616. The standard InChI is InChI=1S/C15H26N4OS/c1-4-8-18(14-6-7-16-9-14)10-13-11-21-15(17-13)19(5-2)12(3)20/h11,14,16H,4-10H2,1-3H3. The fourth-order valence-electron chi connectivity index (χ4n) is 2.82. The van der Waals surface area contributed by atoms with Gasteiger partial charge in [0.15, 0.2) is 5.13 Å². The van der Waals surface area contributed by atoms with Crippen molar-refractivity contribution in [3.05, 3.63) is 11.1 Å². The molecule has 1 aromatic rings. The van der Waals surface area contributed by atoms with Crippen LogP contribution in [0.15, 0.2) is 5.38 Å². The molecule has 2 rings (SSSR count). The number of amides is 1. The van der Waals surface area contributed by atoms with Crippen LogP contribution < -0.4 is 10.2 Å². The molecule has 0 saturated carbocycles. The maximum atomic E-state index is 11.6. The molecule has 1 amide bonds. The monoisotopic (exact) mass is 310 g/mol. The van der Waals surface area contributed by atoms with Gasteiger partial charge in [-0.25, -0.2) is 4.98 Å². The topological polar surface area (TPSA) is 48.5 Å². The Labute approximate surface area is 131 Å². The zero-order valence-corrected chi connectivity index (χ0v) is 14.1. The number of anilines is 1. The fraction of sp³-hybridized carbons (Fsp3) is 0.733. The third-order valence-corrected chi connectivity index (χ3v) is 4.81. The summed E-state index contributed by atoms with van der Waals surface area (Å²) >= 11 is 1.56. The lowest BCUT2D eigenvalue weighted by atomic mass is 10.2. The van der Waals surface area contributed by atoms with Crippen molar-refractivity contribution >= 4 is 22.4 Å². The Morgan fingerprint density at radius 3 is 2.90 bits per heavy atom. The number of rotatable bonds is 7. The molecule has 1 aliphatic rings. The summed E-state index contributed by atoms with van der Waals surface area (Å²) in [6.45, 7) is 10.6. The molecular weight excluding hydrogens is 284 g/mol. The summed E-state index contributed by atoms with van der Waals surface area (Å²) in [7, 11) is 0. The van der Waals surface area contributed by atoms with Crippen LogP contribution in [0.3, 0.4) is 0 Å². The molecule has 1 fully saturated rings. The molecule has 1 unspecified atom stereocenters. The number of aromatic nitrogens is 1. The maximum absolute atomic E-state index is 11.6. The molecule has 1 aromatic heterocycles. The summed E-state index contributed by atoms with van der Waals surface area (Å²) in [5.41, 5.74) is 1.08. The molecule has 2 heterocycles. The molecule has 21 heavy (non-hydrogen) atoms. The molecule has 118 valence electrons. The average Bonchev–Trinajstić information content (AvgIpc) is 3.10. The van der Waals surface area contributed by atoms with Gasteiger partial charge in [-0.05, 0) is 32.9 Å². The van der Waals surface area contributed by atoms with Crippen LogP contribution in [0, 0.1) is 0 Å². The van der Waals surface area contributed by atoms with Gasteiger partial charge < -0.3 is 5.32 Å².